The lowest BCUT2D eigenvalue weighted by Crippen LogP contribution is -2.42. The second-order valence-electron chi connectivity index (χ2n) is 4.38. The molecule has 0 aliphatic carbocycles. The molecule has 1 N–H and O–H groups in total. The van der Waals surface area contributed by atoms with E-state index in [0.29, 0.717) is 12.0 Å². The third kappa shape index (κ3) is 4.23. The number of halogens is 1. The molecule has 3 nitrogen and oxygen atoms in total. The van der Waals surface area contributed by atoms with Crippen LogP contribution in [0.15, 0.2) is 24.3 Å². The lowest BCUT2D eigenvalue weighted by molar-refractivity contribution is -0.122. The summed E-state index contributed by atoms with van der Waals surface area (Å²) in [6, 6.07) is 8.33. The summed E-state index contributed by atoms with van der Waals surface area (Å²) in [6.07, 6.45) is 0.506. The number of amides is 1. The zero-order valence-corrected chi connectivity index (χ0v) is 9.96. The second-order valence-corrected chi connectivity index (χ2v) is 4.38. The monoisotopic (exact) mass is 234 g/mol. The fourth-order valence-corrected chi connectivity index (χ4v) is 1.39. The van der Waals surface area contributed by atoms with E-state index < -0.39 is 5.54 Å². The van der Waals surface area contributed by atoms with E-state index in [9.17, 15) is 9.18 Å². The maximum absolute atomic E-state index is 13.3. The number of carbonyl (C=O) groups is 1. The molecule has 0 aliphatic heterocycles. The number of hydrogen-bond acceptors (Lipinski definition) is 2. The largest absolute Gasteiger partial charge is 0.338 e. The molecule has 0 bridgehead atoms. The van der Waals surface area contributed by atoms with Crippen molar-refractivity contribution in [2.45, 2.75) is 32.2 Å². The van der Waals surface area contributed by atoms with Gasteiger partial charge in [-0.25, -0.2) is 4.39 Å². The van der Waals surface area contributed by atoms with Crippen LogP contribution < -0.4 is 5.32 Å². The van der Waals surface area contributed by atoms with Crippen LogP contribution in [0.4, 0.5) is 4.39 Å². The van der Waals surface area contributed by atoms with Crippen molar-refractivity contribution in [2.24, 2.45) is 0 Å². The van der Waals surface area contributed by atoms with Crippen LogP contribution in [-0.2, 0) is 11.2 Å². The van der Waals surface area contributed by atoms with E-state index in [1.807, 2.05) is 6.07 Å². The molecular formula is C13H15FN2O. The van der Waals surface area contributed by atoms with Gasteiger partial charge in [0, 0.05) is 6.42 Å². The maximum Gasteiger partial charge on any atom is 0.221 e. The minimum Gasteiger partial charge on any atom is -0.338 e. The van der Waals surface area contributed by atoms with Gasteiger partial charge in [-0.1, -0.05) is 18.2 Å². The van der Waals surface area contributed by atoms with Gasteiger partial charge in [0.25, 0.3) is 0 Å². The maximum atomic E-state index is 13.3. The minimum atomic E-state index is -0.883. The van der Waals surface area contributed by atoms with Crippen LogP contribution in [0, 0.1) is 17.1 Å². The summed E-state index contributed by atoms with van der Waals surface area (Å²) >= 11 is 0. The van der Waals surface area contributed by atoms with Gasteiger partial charge in [0.1, 0.15) is 11.4 Å². The second kappa shape index (κ2) is 5.44. The van der Waals surface area contributed by atoms with Crippen LogP contribution in [0.2, 0.25) is 0 Å². The van der Waals surface area contributed by atoms with Crippen molar-refractivity contribution in [1.29, 1.82) is 5.26 Å². The first-order valence-electron chi connectivity index (χ1n) is 5.40. The zero-order chi connectivity index (χ0) is 12.9. The predicted molar refractivity (Wildman–Crippen MR) is 62.6 cm³/mol. The van der Waals surface area contributed by atoms with Crippen LogP contribution in [0.5, 0.6) is 0 Å². The van der Waals surface area contributed by atoms with Crippen LogP contribution in [0.3, 0.4) is 0 Å². The highest BCUT2D eigenvalue weighted by molar-refractivity contribution is 5.77. The molecule has 1 rings (SSSR count). The van der Waals surface area contributed by atoms with Crippen molar-refractivity contribution < 1.29 is 9.18 Å². The number of benzene rings is 1. The Hall–Kier alpha value is -1.89. The van der Waals surface area contributed by atoms with Crippen molar-refractivity contribution in [3.63, 3.8) is 0 Å². The fourth-order valence-electron chi connectivity index (χ4n) is 1.39. The molecule has 0 saturated heterocycles. The van der Waals surface area contributed by atoms with Gasteiger partial charge in [-0.05, 0) is 31.9 Å². The number of aryl methyl sites for hydroxylation is 1. The average Bonchev–Trinajstić information content (AvgIpc) is 2.27. The van der Waals surface area contributed by atoms with Crippen LogP contribution in [-0.4, -0.2) is 11.4 Å². The topological polar surface area (TPSA) is 52.9 Å². The summed E-state index contributed by atoms with van der Waals surface area (Å²) in [5, 5.41) is 11.3. The summed E-state index contributed by atoms with van der Waals surface area (Å²) in [5.41, 5.74) is -0.371. The van der Waals surface area contributed by atoms with Crippen molar-refractivity contribution >= 4 is 5.91 Å². The molecule has 0 fully saturated rings. The smallest absolute Gasteiger partial charge is 0.221 e. The molecule has 0 aliphatic rings. The molecule has 90 valence electrons. The highest BCUT2D eigenvalue weighted by atomic mass is 19.1. The van der Waals surface area contributed by atoms with Gasteiger partial charge in [-0.2, -0.15) is 5.26 Å². The Morgan fingerprint density at radius 2 is 2.12 bits per heavy atom. The summed E-state index contributed by atoms with van der Waals surface area (Å²) in [4.78, 5) is 11.5. The molecule has 17 heavy (non-hydrogen) atoms. The Bertz CT molecular complexity index is 449. The summed E-state index contributed by atoms with van der Waals surface area (Å²) in [6.45, 7) is 3.24. The van der Waals surface area contributed by atoms with Crippen molar-refractivity contribution in [2.75, 3.05) is 0 Å². The molecule has 0 aromatic heterocycles. The third-order valence-electron chi connectivity index (χ3n) is 2.31. The lowest BCUT2D eigenvalue weighted by Gasteiger charge is -2.17. The van der Waals surface area contributed by atoms with E-state index in [0.717, 1.165) is 0 Å². The molecule has 0 atom stereocenters. The Morgan fingerprint density at radius 1 is 1.47 bits per heavy atom. The summed E-state index contributed by atoms with van der Waals surface area (Å²) in [7, 11) is 0. The molecule has 0 saturated carbocycles. The van der Waals surface area contributed by atoms with Crippen LogP contribution in [0.1, 0.15) is 25.8 Å². The number of nitriles is 1. The van der Waals surface area contributed by atoms with Gasteiger partial charge < -0.3 is 5.32 Å². The summed E-state index contributed by atoms with van der Waals surface area (Å²) in [5.74, 6) is -0.556. The molecular weight excluding hydrogens is 219 g/mol. The van der Waals surface area contributed by atoms with Crippen molar-refractivity contribution in [3.8, 4) is 6.07 Å². The van der Waals surface area contributed by atoms with Gasteiger partial charge in [-0.15, -0.1) is 0 Å². The van der Waals surface area contributed by atoms with Gasteiger partial charge in [0.05, 0.1) is 6.07 Å². The third-order valence-corrected chi connectivity index (χ3v) is 2.31. The Balaban J connectivity index is 2.50. The highest BCUT2D eigenvalue weighted by Crippen LogP contribution is 2.09. The van der Waals surface area contributed by atoms with Crippen molar-refractivity contribution in [1.82, 2.24) is 5.32 Å². The Labute approximate surface area is 100 Å². The average molecular weight is 234 g/mol. The lowest BCUT2D eigenvalue weighted by atomic mass is 10.1. The highest BCUT2D eigenvalue weighted by Gasteiger charge is 2.19. The number of hydrogen-bond donors (Lipinski definition) is 1. The van der Waals surface area contributed by atoms with Gasteiger partial charge in [0.15, 0.2) is 0 Å². The first kappa shape index (κ1) is 13.2. The minimum absolute atomic E-state index is 0.173. The quantitative estimate of drug-likeness (QED) is 0.868. The predicted octanol–water partition coefficient (Wildman–Crippen LogP) is 2.18. The van der Waals surface area contributed by atoms with E-state index in [1.165, 1.54) is 6.07 Å². The van der Waals surface area contributed by atoms with Crippen LogP contribution in [0.25, 0.3) is 0 Å². The molecule has 1 aromatic rings. The van der Waals surface area contributed by atoms with Crippen molar-refractivity contribution in [3.05, 3.63) is 35.6 Å². The van der Waals surface area contributed by atoms with Gasteiger partial charge in [0.2, 0.25) is 5.91 Å². The normalized spacial score (nSPS) is 10.7. The SMILES string of the molecule is CC(C)(C#N)NC(=O)CCc1ccccc1F. The van der Waals surface area contributed by atoms with E-state index >= 15 is 0 Å². The first-order chi connectivity index (χ1) is 7.94. The molecule has 0 spiro atoms. The van der Waals surface area contributed by atoms with E-state index in [2.05, 4.69) is 5.32 Å². The number of rotatable bonds is 4. The Kier molecular flexibility index (Phi) is 4.22. The molecule has 1 aromatic carbocycles. The zero-order valence-electron chi connectivity index (χ0n) is 9.96. The number of nitrogens with one attached hydrogen (secondary N) is 1. The van der Waals surface area contributed by atoms with E-state index in [-0.39, 0.29) is 18.1 Å². The number of carbonyl (C=O) groups excluding carboxylic acids is 1. The molecule has 0 heterocycles. The number of nitrogens with zero attached hydrogens (tertiary/aromatic N) is 1. The molecule has 1 amide bonds. The van der Waals surface area contributed by atoms with Crippen LogP contribution >= 0.6 is 0 Å². The molecule has 4 heteroatoms. The molecule has 0 unspecified atom stereocenters. The summed E-state index contributed by atoms with van der Waals surface area (Å²) < 4.78 is 13.3. The van der Waals surface area contributed by atoms with E-state index in [1.54, 1.807) is 32.0 Å². The fraction of sp³-hybridized carbons (Fsp3) is 0.385. The van der Waals surface area contributed by atoms with Gasteiger partial charge in [-0.3, -0.25) is 4.79 Å². The van der Waals surface area contributed by atoms with Gasteiger partial charge >= 0.3 is 0 Å². The van der Waals surface area contributed by atoms with E-state index in [4.69, 9.17) is 5.26 Å². The molecule has 0 radical (unpaired) electrons. The standard InChI is InChI=1S/C13H15FN2O/c1-13(2,9-15)16-12(17)8-7-10-5-3-4-6-11(10)14/h3-6H,7-8H2,1-2H3,(H,16,17). The Morgan fingerprint density at radius 3 is 2.71 bits per heavy atom. The first-order valence-corrected chi connectivity index (χ1v) is 5.40.